The van der Waals surface area contributed by atoms with Crippen molar-refractivity contribution >= 4 is 0 Å². The van der Waals surface area contributed by atoms with Crippen molar-refractivity contribution in [3.8, 4) is 0 Å². The van der Waals surface area contributed by atoms with Crippen molar-refractivity contribution in [3.63, 3.8) is 0 Å². The zero-order chi connectivity index (χ0) is 12.8. The third kappa shape index (κ3) is 3.84. The van der Waals surface area contributed by atoms with Crippen molar-refractivity contribution in [2.75, 3.05) is 6.54 Å². The molecule has 0 radical (unpaired) electrons. The van der Waals surface area contributed by atoms with E-state index >= 15 is 0 Å². The molecule has 0 aliphatic heterocycles. The van der Waals surface area contributed by atoms with E-state index in [0.717, 1.165) is 12.0 Å². The number of aromatic nitrogens is 2. The Bertz CT molecular complexity index is 345. The summed E-state index contributed by atoms with van der Waals surface area (Å²) in [6.07, 6.45) is 13.5. The molecule has 1 aliphatic carbocycles. The molecule has 1 aromatic rings. The predicted octanol–water partition coefficient (Wildman–Crippen LogP) is 2.91. The largest absolute Gasteiger partial charge is 0.314 e. The summed E-state index contributed by atoms with van der Waals surface area (Å²) in [5.41, 5.74) is 1.39. The van der Waals surface area contributed by atoms with E-state index in [1.165, 1.54) is 57.1 Å². The Balaban J connectivity index is 1.81. The minimum atomic E-state index is 0.760. The Morgan fingerprint density at radius 1 is 1.39 bits per heavy atom. The van der Waals surface area contributed by atoms with Gasteiger partial charge in [0.2, 0.25) is 0 Å². The van der Waals surface area contributed by atoms with E-state index in [-0.39, 0.29) is 0 Å². The van der Waals surface area contributed by atoms with Crippen molar-refractivity contribution in [2.45, 2.75) is 57.9 Å². The van der Waals surface area contributed by atoms with Crippen LogP contribution < -0.4 is 5.32 Å². The van der Waals surface area contributed by atoms with Gasteiger partial charge in [0.15, 0.2) is 0 Å². The maximum absolute atomic E-state index is 4.25. The van der Waals surface area contributed by atoms with E-state index in [1.807, 2.05) is 17.9 Å². The third-order valence-corrected chi connectivity index (χ3v) is 4.13. The maximum Gasteiger partial charge on any atom is 0.0521 e. The van der Waals surface area contributed by atoms with Crippen LogP contribution in [-0.4, -0.2) is 22.4 Å². The summed E-state index contributed by atoms with van der Waals surface area (Å²) in [6, 6.07) is 0.760. The average molecular weight is 249 g/mol. The lowest BCUT2D eigenvalue weighted by Crippen LogP contribution is -2.39. The van der Waals surface area contributed by atoms with Crippen LogP contribution in [0.5, 0.6) is 0 Å². The summed E-state index contributed by atoms with van der Waals surface area (Å²) >= 11 is 0. The Labute approximate surface area is 111 Å². The van der Waals surface area contributed by atoms with Gasteiger partial charge in [0, 0.05) is 19.3 Å². The van der Waals surface area contributed by atoms with Crippen molar-refractivity contribution in [1.29, 1.82) is 0 Å². The summed E-state index contributed by atoms with van der Waals surface area (Å²) in [5, 5.41) is 7.99. The molecule has 1 aliphatic rings. The molecule has 1 heterocycles. The van der Waals surface area contributed by atoms with Crippen LogP contribution in [-0.2, 0) is 13.5 Å². The van der Waals surface area contributed by atoms with E-state index in [2.05, 4.69) is 23.5 Å². The van der Waals surface area contributed by atoms with Crippen molar-refractivity contribution < 1.29 is 0 Å². The standard InChI is InChI=1S/C15H27N3/c1-3-10-16-15-7-5-4-6-14(15)9-8-13-11-17-18(2)12-13/h11-12,14-16H,3-10H2,1-2H3. The van der Waals surface area contributed by atoms with Crippen LogP contribution in [0.25, 0.3) is 0 Å². The number of hydrogen-bond donors (Lipinski definition) is 1. The van der Waals surface area contributed by atoms with Crippen LogP contribution in [0.2, 0.25) is 0 Å². The lowest BCUT2D eigenvalue weighted by molar-refractivity contribution is 0.250. The highest BCUT2D eigenvalue weighted by atomic mass is 15.2. The molecule has 0 amide bonds. The molecule has 102 valence electrons. The molecule has 1 N–H and O–H groups in total. The average Bonchev–Trinajstić information content (AvgIpc) is 2.81. The zero-order valence-electron chi connectivity index (χ0n) is 11.9. The summed E-state index contributed by atoms with van der Waals surface area (Å²) in [7, 11) is 2.00. The van der Waals surface area contributed by atoms with E-state index in [0.29, 0.717) is 0 Å². The second kappa shape index (κ2) is 6.93. The molecule has 0 saturated heterocycles. The van der Waals surface area contributed by atoms with E-state index < -0.39 is 0 Å². The van der Waals surface area contributed by atoms with E-state index in [1.54, 1.807) is 0 Å². The number of nitrogens with one attached hydrogen (secondary N) is 1. The molecule has 0 spiro atoms. The lowest BCUT2D eigenvalue weighted by Gasteiger charge is -2.32. The summed E-state index contributed by atoms with van der Waals surface area (Å²) in [5.74, 6) is 0.866. The Kier molecular flexibility index (Phi) is 5.24. The molecule has 0 bridgehead atoms. The van der Waals surface area contributed by atoms with E-state index in [4.69, 9.17) is 0 Å². The first-order valence-electron chi connectivity index (χ1n) is 7.50. The SMILES string of the molecule is CCCNC1CCCCC1CCc1cnn(C)c1. The third-order valence-electron chi connectivity index (χ3n) is 4.13. The first-order valence-corrected chi connectivity index (χ1v) is 7.50. The van der Waals surface area contributed by atoms with Crippen LogP contribution in [0.15, 0.2) is 12.4 Å². The molecule has 0 aromatic carbocycles. The van der Waals surface area contributed by atoms with Gasteiger partial charge in [0.1, 0.15) is 0 Å². The first-order chi connectivity index (χ1) is 8.79. The highest BCUT2D eigenvalue weighted by molar-refractivity contribution is 5.04. The lowest BCUT2D eigenvalue weighted by atomic mass is 9.81. The van der Waals surface area contributed by atoms with E-state index in [9.17, 15) is 0 Å². The van der Waals surface area contributed by atoms with Crippen LogP contribution in [0.1, 0.15) is 51.0 Å². The molecule has 3 nitrogen and oxygen atoms in total. The smallest absolute Gasteiger partial charge is 0.0521 e. The van der Waals surface area contributed by atoms with Gasteiger partial charge < -0.3 is 5.32 Å². The Morgan fingerprint density at radius 3 is 2.94 bits per heavy atom. The van der Waals surface area contributed by atoms with Gasteiger partial charge in [0.05, 0.1) is 6.20 Å². The van der Waals surface area contributed by atoms with Gasteiger partial charge in [-0.3, -0.25) is 4.68 Å². The highest BCUT2D eigenvalue weighted by Gasteiger charge is 2.24. The van der Waals surface area contributed by atoms with Crippen molar-refractivity contribution in [1.82, 2.24) is 15.1 Å². The number of nitrogens with zero attached hydrogens (tertiary/aromatic N) is 2. The van der Waals surface area contributed by atoms with Crippen LogP contribution in [0.4, 0.5) is 0 Å². The Hall–Kier alpha value is -0.830. The highest BCUT2D eigenvalue weighted by Crippen LogP contribution is 2.28. The predicted molar refractivity (Wildman–Crippen MR) is 75.6 cm³/mol. The fraction of sp³-hybridized carbons (Fsp3) is 0.800. The molecule has 3 heteroatoms. The van der Waals surface area contributed by atoms with Crippen LogP contribution >= 0.6 is 0 Å². The van der Waals surface area contributed by atoms with Gasteiger partial charge >= 0.3 is 0 Å². The topological polar surface area (TPSA) is 29.9 Å². The van der Waals surface area contributed by atoms with Crippen molar-refractivity contribution in [2.24, 2.45) is 13.0 Å². The molecule has 2 unspecified atom stereocenters. The number of rotatable bonds is 6. The molecule has 2 atom stereocenters. The summed E-state index contributed by atoms with van der Waals surface area (Å²) in [4.78, 5) is 0. The minimum absolute atomic E-state index is 0.760. The molecule has 2 rings (SSSR count). The number of aryl methyl sites for hydroxylation is 2. The van der Waals surface area contributed by atoms with Gasteiger partial charge in [-0.15, -0.1) is 0 Å². The summed E-state index contributed by atoms with van der Waals surface area (Å²) < 4.78 is 1.91. The zero-order valence-corrected chi connectivity index (χ0v) is 11.9. The Morgan fingerprint density at radius 2 is 2.22 bits per heavy atom. The molecule has 1 saturated carbocycles. The monoisotopic (exact) mass is 249 g/mol. The van der Waals surface area contributed by atoms with Gasteiger partial charge in [-0.2, -0.15) is 5.10 Å². The van der Waals surface area contributed by atoms with Gasteiger partial charge in [0.25, 0.3) is 0 Å². The molecule has 1 aromatic heterocycles. The number of hydrogen-bond acceptors (Lipinski definition) is 2. The van der Waals surface area contributed by atoms with Gasteiger partial charge in [-0.05, 0) is 50.1 Å². The van der Waals surface area contributed by atoms with Gasteiger partial charge in [-0.1, -0.05) is 19.8 Å². The van der Waals surface area contributed by atoms with Crippen LogP contribution in [0.3, 0.4) is 0 Å². The molecular weight excluding hydrogens is 222 g/mol. The molecule has 1 fully saturated rings. The fourth-order valence-corrected chi connectivity index (χ4v) is 3.10. The summed E-state index contributed by atoms with van der Waals surface area (Å²) in [6.45, 7) is 3.43. The second-order valence-electron chi connectivity index (χ2n) is 5.67. The normalized spacial score (nSPS) is 24.3. The second-order valence-corrected chi connectivity index (χ2v) is 5.67. The fourth-order valence-electron chi connectivity index (χ4n) is 3.10. The first kappa shape index (κ1) is 13.6. The van der Waals surface area contributed by atoms with Crippen LogP contribution in [0, 0.1) is 5.92 Å². The molecular formula is C15H27N3. The maximum atomic E-state index is 4.25. The van der Waals surface area contributed by atoms with Crippen molar-refractivity contribution in [3.05, 3.63) is 18.0 Å². The minimum Gasteiger partial charge on any atom is -0.314 e. The quantitative estimate of drug-likeness (QED) is 0.840. The van der Waals surface area contributed by atoms with Gasteiger partial charge in [-0.25, -0.2) is 0 Å². The molecule has 18 heavy (non-hydrogen) atoms.